The van der Waals surface area contributed by atoms with Crippen molar-refractivity contribution in [1.29, 1.82) is 0 Å². The SMILES string of the molecule is Cc1ncsc1-c1ccc(CCC(=O)[C@@H]2CC(O)CN2C(=O)[C@@H](NC(=O)Cc2ccc(N3CC[C@H](NC(=O)CC4N=C(c5ccc(Cl)cc5)c5c(sc(C)c5C)-n5c(C)nnc54)C3)cn2)C(C)(C)C)cc1. The third kappa shape index (κ3) is 10.7. The molecule has 3 aliphatic rings. The van der Waals surface area contributed by atoms with E-state index in [0.29, 0.717) is 36.1 Å². The highest BCUT2D eigenvalue weighted by atomic mass is 35.5. The molecule has 0 bridgehead atoms. The first-order chi connectivity index (χ1) is 33.9. The second-order valence-corrected chi connectivity index (χ2v) is 22.5. The van der Waals surface area contributed by atoms with Crippen molar-refractivity contribution in [2.45, 2.75) is 117 Å². The molecule has 7 heterocycles. The lowest BCUT2D eigenvalue weighted by atomic mass is 9.85. The monoisotopic (exact) mass is 1010 g/mol. The molecule has 5 atom stereocenters. The fraction of sp³-hybridized carbons (Fsp3) is 0.415. The Morgan fingerprint density at radius 1 is 0.915 bits per heavy atom. The van der Waals surface area contributed by atoms with Gasteiger partial charge in [-0.05, 0) is 86.9 Å². The van der Waals surface area contributed by atoms with Gasteiger partial charge in [0.15, 0.2) is 11.6 Å². The first-order valence-corrected chi connectivity index (χ1v) is 26.1. The number of β-amino-alcohol motifs (C(OH)–C–C–N with tert-alkyl or cyclic N) is 1. The molecule has 0 radical (unpaired) electrons. The van der Waals surface area contributed by atoms with Crippen molar-refractivity contribution < 1.29 is 24.3 Å². The van der Waals surface area contributed by atoms with E-state index in [4.69, 9.17) is 16.6 Å². The predicted molar refractivity (Wildman–Crippen MR) is 278 cm³/mol. The number of pyridine rings is 1. The van der Waals surface area contributed by atoms with Crippen LogP contribution in [0.1, 0.15) is 103 Å². The molecule has 370 valence electrons. The highest BCUT2D eigenvalue weighted by Crippen LogP contribution is 2.40. The van der Waals surface area contributed by atoms with E-state index >= 15 is 0 Å². The number of aliphatic imine (C=N–C) groups is 1. The molecule has 2 saturated heterocycles. The molecule has 0 spiro atoms. The highest BCUT2D eigenvalue weighted by molar-refractivity contribution is 7.15. The lowest BCUT2D eigenvalue weighted by Crippen LogP contribution is -2.57. The summed E-state index contributed by atoms with van der Waals surface area (Å²) in [6, 6.07) is 17.0. The number of aliphatic hydroxyl groups excluding tert-OH is 1. The number of aryl methyl sites for hydroxylation is 4. The molecule has 71 heavy (non-hydrogen) atoms. The van der Waals surface area contributed by atoms with Gasteiger partial charge in [0.1, 0.15) is 22.9 Å². The fourth-order valence-electron chi connectivity index (χ4n) is 9.81. The quantitative estimate of drug-likeness (QED) is 0.0979. The number of anilines is 1. The number of halogens is 1. The zero-order valence-electron chi connectivity index (χ0n) is 41.0. The van der Waals surface area contributed by atoms with Crippen LogP contribution in [0.5, 0.6) is 0 Å². The summed E-state index contributed by atoms with van der Waals surface area (Å²) in [5.74, 6) is 0.318. The molecular formula is C53H59ClN10O5S2. The van der Waals surface area contributed by atoms with Crippen molar-refractivity contribution in [3.8, 4) is 15.4 Å². The van der Waals surface area contributed by atoms with Crippen LogP contribution in [0.2, 0.25) is 5.02 Å². The Morgan fingerprint density at radius 2 is 1.66 bits per heavy atom. The van der Waals surface area contributed by atoms with Crippen molar-refractivity contribution in [2.24, 2.45) is 10.4 Å². The Kier molecular flexibility index (Phi) is 14.4. The zero-order valence-corrected chi connectivity index (χ0v) is 43.4. The molecule has 9 rings (SSSR count). The van der Waals surface area contributed by atoms with E-state index < -0.39 is 35.6 Å². The van der Waals surface area contributed by atoms with E-state index in [1.807, 2.05) is 99.3 Å². The predicted octanol–water partition coefficient (Wildman–Crippen LogP) is 7.65. The van der Waals surface area contributed by atoms with Crippen molar-refractivity contribution in [1.82, 2.24) is 40.3 Å². The minimum Gasteiger partial charge on any atom is -0.391 e. The first-order valence-electron chi connectivity index (χ1n) is 24.1. The first kappa shape index (κ1) is 49.8. The maximum atomic E-state index is 14.3. The van der Waals surface area contributed by atoms with Crippen molar-refractivity contribution in [2.75, 3.05) is 24.5 Å². The molecule has 6 aromatic rings. The van der Waals surface area contributed by atoms with Crippen LogP contribution in [0.3, 0.4) is 0 Å². The molecule has 2 unspecified atom stereocenters. The van der Waals surface area contributed by atoms with E-state index in [1.54, 1.807) is 34.9 Å². The Balaban J connectivity index is 0.795. The number of thiophene rings is 1. The van der Waals surface area contributed by atoms with Gasteiger partial charge in [-0.3, -0.25) is 33.7 Å². The largest absolute Gasteiger partial charge is 0.391 e. The van der Waals surface area contributed by atoms with Crippen LogP contribution >= 0.6 is 34.3 Å². The maximum absolute atomic E-state index is 14.3. The average molecular weight is 1020 g/mol. The molecule has 3 aliphatic heterocycles. The minimum absolute atomic E-state index is 0.0192. The van der Waals surface area contributed by atoms with Crippen molar-refractivity contribution >= 4 is 69.2 Å². The second kappa shape index (κ2) is 20.5. The molecule has 15 nitrogen and oxygen atoms in total. The number of ketones is 1. The van der Waals surface area contributed by atoms with Gasteiger partial charge in [0, 0.05) is 65.2 Å². The van der Waals surface area contributed by atoms with Gasteiger partial charge in [-0.25, -0.2) is 4.98 Å². The van der Waals surface area contributed by atoms with E-state index in [2.05, 4.69) is 49.5 Å². The minimum atomic E-state index is -0.946. The van der Waals surface area contributed by atoms with Crippen LogP contribution in [0.15, 0.2) is 77.4 Å². The van der Waals surface area contributed by atoms with Gasteiger partial charge in [0.05, 0.1) is 58.7 Å². The van der Waals surface area contributed by atoms with Gasteiger partial charge < -0.3 is 25.5 Å². The number of hydrogen-bond acceptors (Lipinski definition) is 13. The zero-order chi connectivity index (χ0) is 50.3. The summed E-state index contributed by atoms with van der Waals surface area (Å²) in [6.45, 7) is 15.0. The van der Waals surface area contributed by atoms with Gasteiger partial charge in [0.2, 0.25) is 17.7 Å². The maximum Gasteiger partial charge on any atom is 0.246 e. The number of amides is 3. The lowest BCUT2D eigenvalue weighted by Gasteiger charge is -2.35. The number of hydrogen-bond donors (Lipinski definition) is 3. The van der Waals surface area contributed by atoms with Crippen LogP contribution in [0.25, 0.3) is 15.4 Å². The number of nitrogens with zero attached hydrogens (tertiary/aromatic N) is 8. The molecule has 4 aromatic heterocycles. The smallest absolute Gasteiger partial charge is 0.246 e. The second-order valence-electron chi connectivity index (χ2n) is 20.0. The van der Waals surface area contributed by atoms with Crippen LogP contribution < -0.4 is 15.5 Å². The number of aromatic nitrogens is 5. The fourth-order valence-corrected chi connectivity index (χ4v) is 12.0. The third-order valence-electron chi connectivity index (χ3n) is 13.8. The summed E-state index contributed by atoms with van der Waals surface area (Å²) in [6.07, 6.45) is 2.52. The number of Topliss-reactive ketones (excluding diaryl/α,β-unsaturated/α-hetero) is 1. The van der Waals surface area contributed by atoms with Crippen LogP contribution in [-0.2, 0) is 32.0 Å². The molecule has 18 heteroatoms. The van der Waals surface area contributed by atoms with Crippen LogP contribution in [0.4, 0.5) is 5.69 Å². The Labute approximate surface area is 426 Å². The van der Waals surface area contributed by atoms with Gasteiger partial charge in [-0.1, -0.05) is 68.8 Å². The Bertz CT molecular complexity index is 2990. The number of likely N-dealkylation sites (tertiary alicyclic amines) is 1. The van der Waals surface area contributed by atoms with Crippen molar-refractivity contribution in [3.05, 3.63) is 128 Å². The summed E-state index contributed by atoms with van der Waals surface area (Å²) < 4.78 is 2.04. The average Bonchev–Trinajstić information content (AvgIpc) is 4.18. The van der Waals surface area contributed by atoms with Crippen LogP contribution in [0, 0.1) is 33.1 Å². The Morgan fingerprint density at radius 3 is 2.35 bits per heavy atom. The number of benzene rings is 2. The molecule has 2 aromatic carbocycles. The van der Waals surface area contributed by atoms with E-state index in [1.165, 1.54) is 9.78 Å². The molecule has 3 N–H and O–H groups in total. The number of rotatable bonds is 14. The van der Waals surface area contributed by atoms with Gasteiger partial charge >= 0.3 is 0 Å². The topological polar surface area (TPSA) is 188 Å². The molecule has 0 saturated carbocycles. The number of nitrogens with one attached hydrogen (secondary N) is 2. The third-order valence-corrected chi connectivity index (χ3v) is 16.2. The molecule has 3 amide bonds. The summed E-state index contributed by atoms with van der Waals surface area (Å²) >= 11 is 9.54. The van der Waals surface area contributed by atoms with E-state index in [-0.39, 0.29) is 55.9 Å². The number of carbonyl (C=O) groups is 4. The Hall–Kier alpha value is -6.14. The standard InChI is InChI=1S/C53H59ClN10O5S2/c1-29-31(3)71-52-46(29)47(34-13-15-36(54)16-14-34)58-41(50-61-60-32(4)64(50)52)24-45(68)57-38-20-21-62(26-38)39-18-17-37(55-25-39)22-44(67)59-49(53(5,6)7)51(69)63-27-40(65)23-42(63)43(66)19-10-33-8-11-35(12-9-33)48-30(2)56-28-70-48/h8-9,11-18,25,28,38,40-42,49,65H,10,19-24,26-27H2,1-7H3,(H,57,68)(H,59,67)/t38-,40?,41?,42-,49+/m0/s1. The molecular weight excluding hydrogens is 956 g/mol. The van der Waals surface area contributed by atoms with E-state index in [9.17, 15) is 24.3 Å². The summed E-state index contributed by atoms with van der Waals surface area (Å²) in [7, 11) is 0. The number of aliphatic hydroxyl groups is 1. The normalized spacial score (nSPS) is 19.2. The van der Waals surface area contributed by atoms with Crippen LogP contribution in [-0.4, -0.2) is 108 Å². The van der Waals surface area contributed by atoms with Gasteiger partial charge in [-0.15, -0.1) is 32.9 Å². The number of fused-ring (bicyclic) bond motifs is 3. The molecule has 0 aliphatic carbocycles. The summed E-state index contributed by atoms with van der Waals surface area (Å²) in [4.78, 5) is 75.5. The number of thiazole rings is 1. The van der Waals surface area contributed by atoms with E-state index in [0.717, 1.165) is 67.0 Å². The summed E-state index contributed by atoms with van der Waals surface area (Å²) in [5, 5.41) is 27.5. The lowest BCUT2D eigenvalue weighted by molar-refractivity contribution is -0.143. The van der Waals surface area contributed by atoms with Crippen molar-refractivity contribution in [3.63, 3.8) is 0 Å². The van der Waals surface area contributed by atoms with Gasteiger partial charge in [-0.2, -0.15) is 0 Å². The highest BCUT2D eigenvalue weighted by Gasteiger charge is 2.44. The van der Waals surface area contributed by atoms with Gasteiger partial charge in [0.25, 0.3) is 0 Å². The number of carbonyl (C=O) groups excluding carboxylic acids is 4. The molecule has 2 fully saturated rings. The summed E-state index contributed by atoms with van der Waals surface area (Å²) in [5.41, 5.74) is 9.41.